The molecule has 5 nitrogen and oxygen atoms in total. The molecule has 20 heavy (non-hydrogen) atoms. The molecule has 1 aliphatic heterocycles. The van der Waals surface area contributed by atoms with E-state index >= 15 is 0 Å². The number of halogens is 1. The Morgan fingerprint density at radius 2 is 2.00 bits per heavy atom. The second-order valence-electron chi connectivity index (χ2n) is 4.81. The average Bonchev–Trinajstić information content (AvgIpc) is 2.46. The van der Waals surface area contributed by atoms with Crippen molar-refractivity contribution >= 4 is 27.7 Å². The van der Waals surface area contributed by atoms with E-state index in [2.05, 4.69) is 15.9 Å². The van der Waals surface area contributed by atoms with Gasteiger partial charge in [0.25, 0.3) is 5.91 Å². The smallest absolute Gasteiger partial charge is 0.257 e. The van der Waals surface area contributed by atoms with Gasteiger partial charge < -0.3 is 15.4 Å². The summed E-state index contributed by atoms with van der Waals surface area (Å²) in [4.78, 5) is 25.4. The molecule has 1 aliphatic rings. The Morgan fingerprint density at radius 1 is 1.35 bits per heavy atom. The van der Waals surface area contributed by atoms with Gasteiger partial charge >= 0.3 is 0 Å². The van der Waals surface area contributed by atoms with Gasteiger partial charge in [0.1, 0.15) is 5.75 Å². The van der Waals surface area contributed by atoms with Crippen LogP contribution in [0, 0.1) is 5.92 Å². The predicted molar refractivity (Wildman–Crippen MR) is 78.5 cm³/mol. The number of nitrogens with zero attached hydrogens (tertiary/aromatic N) is 1. The van der Waals surface area contributed by atoms with Crippen molar-refractivity contribution in [3.8, 4) is 5.75 Å². The zero-order valence-corrected chi connectivity index (χ0v) is 12.9. The molecule has 1 saturated heterocycles. The van der Waals surface area contributed by atoms with Crippen LogP contribution in [0.2, 0.25) is 0 Å². The largest absolute Gasteiger partial charge is 0.496 e. The summed E-state index contributed by atoms with van der Waals surface area (Å²) < 4.78 is 6.06. The Morgan fingerprint density at radius 3 is 2.55 bits per heavy atom. The number of benzene rings is 1. The fourth-order valence-electron chi connectivity index (χ4n) is 2.38. The molecule has 0 aliphatic carbocycles. The summed E-state index contributed by atoms with van der Waals surface area (Å²) in [5.74, 6) is 0.0712. The number of rotatable bonds is 3. The van der Waals surface area contributed by atoms with Crippen LogP contribution in [0.4, 0.5) is 0 Å². The van der Waals surface area contributed by atoms with Gasteiger partial charge in [-0.3, -0.25) is 9.59 Å². The van der Waals surface area contributed by atoms with Crippen molar-refractivity contribution in [3.63, 3.8) is 0 Å². The first-order valence-electron chi connectivity index (χ1n) is 6.45. The minimum absolute atomic E-state index is 0.0777. The van der Waals surface area contributed by atoms with Crippen LogP contribution < -0.4 is 10.5 Å². The molecular formula is C14H17BrN2O3. The number of primary amides is 1. The van der Waals surface area contributed by atoms with E-state index < -0.39 is 0 Å². The molecule has 0 atom stereocenters. The number of carbonyl (C=O) groups excluding carboxylic acids is 2. The van der Waals surface area contributed by atoms with E-state index in [1.54, 1.807) is 24.1 Å². The highest BCUT2D eigenvalue weighted by Crippen LogP contribution is 2.26. The van der Waals surface area contributed by atoms with Gasteiger partial charge in [0.15, 0.2) is 0 Å². The van der Waals surface area contributed by atoms with Crippen LogP contribution in [0.25, 0.3) is 0 Å². The molecule has 0 radical (unpaired) electrons. The van der Waals surface area contributed by atoms with Crippen molar-refractivity contribution in [2.75, 3.05) is 20.2 Å². The lowest BCUT2D eigenvalue weighted by Crippen LogP contribution is -2.41. The average molecular weight is 341 g/mol. The van der Waals surface area contributed by atoms with E-state index in [1.165, 1.54) is 0 Å². The van der Waals surface area contributed by atoms with E-state index in [1.807, 2.05) is 6.07 Å². The summed E-state index contributed by atoms with van der Waals surface area (Å²) in [7, 11) is 1.54. The van der Waals surface area contributed by atoms with Crippen molar-refractivity contribution < 1.29 is 14.3 Å². The summed E-state index contributed by atoms with van der Waals surface area (Å²) in [5, 5.41) is 0. The standard InChI is InChI=1S/C14H17BrN2O3/c1-20-12-3-2-10(15)8-11(12)14(19)17-6-4-9(5-7-17)13(16)18/h2-3,8-9H,4-7H2,1H3,(H2,16,18). The lowest BCUT2D eigenvalue weighted by atomic mass is 9.96. The van der Waals surface area contributed by atoms with E-state index in [4.69, 9.17) is 10.5 Å². The number of ether oxygens (including phenoxy) is 1. The molecule has 1 fully saturated rings. The molecule has 2 N–H and O–H groups in total. The summed E-state index contributed by atoms with van der Waals surface area (Å²) in [6, 6.07) is 5.34. The molecule has 1 aromatic rings. The summed E-state index contributed by atoms with van der Waals surface area (Å²) in [5.41, 5.74) is 5.82. The molecule has 108 valence electrons. The predicted octanol–water partition coefficient (Wildman–Crippen LogP) is 1.80. The molecule has 1 aromatic carbocycles. The topological polar surface area (TPSA) is 72.6 Å². The highest BCUT2D eigenvalue weighted by molar-refractivity contribution is 9.10. The van der Waals surface area contributed by atoms with Crippen molar-refractivity contribution in [2.24, 2.45) is 11.7 Å². The highest BCUT2D eigenvalue weighted by Gasteiger charge is 2.27. The highest BCUT2D eigenvalue weighted by atomic mass is 79.9. The third-order valence-electron chi connectivity index (χ3n) is 3.58. The number of nitrogens with two attached hydrogens (primary N) is 1. The second kappa shape index (κ2) is 6.26. The lowest BCUT2D eigenvalue weighted by molar-refractivity contribution is -0.123. The Kier molecular flexibility index (Phi) is 4.65. The quantitative estimate of drug-likeness (QED) is 0.911. The number of methoxy groups -OCH3 is 1. The number of likely N-dealkylation sites (tertiary alicyclic amines) is 1. The summed E-state index contributed by atoms with van der Waals surface area (Å²) in [6.07, 6.45) is 1.24. The molecule has 1 heterocycles. The number of carbonyl (C=O) groups is 2. The van der Waals surface area contributed by atoms with Gasteiger partial charge in [0, 0.05) is 23.5 Å². The molecule has 0 aromatic heterocycles. The van der Waals surface area contributed by atoms with Crippen LogP contribution in [-0.2, 0) is 4.79 Å². The molecule has 0 saturated carbocycles. The monoisotopic (exact) mass is 340 g/mol. The maximum Gasteiger partial charge on any atom is 0.257 e. The fraction of sp³-hybridized carbons (Fsp3) is 0.429. The Balaban J connectivity index is 2.13. The Labute approximate surface area is 126 Å². The maximum absolute atomic E-state index is 12.5. The van der Waals surface area contributed by atoms with E-state index in [9.17, 15) is 9.59 Å². The SMILES string of the molecule is COc1ccc(Br)cc1C(=O)N1CCC(C(N)=O)CC1. The fourth-order valence-corrected chi connectivity index (χ4v) is 2.75. The third kappa shape index (κ3) is 3.12. The normalized spacial score (nSPS) is 16.0. The van der Waals surface area contributed by atoms with Crippen LogP contribution in [-0.4, -0.2) is 36.9 Å². The van der Waals surface area contributed by atoms with Crippen molar-refractivity contribution in [3.05, 3.63) is 28.2 Å². The lowest BCUT2D eigenvalue weighted by Gasteiger charge is -2.31. The number of hydrogen-bond acceptors (Lipinski definition) is 3. The van der Waals surface area contributed by atoms with E-state index in [-0.39, 0.29) is 17.7 Å². The first kappa shape index (κ1) is 14.8. The first-order chi connectivity index (χ1) is 9.52. The zero-order chi connectivity index (χ0) is 14.7. The summed E-state index contributed by atoms with van der Waals surface area (Å²) in [6.45, 7) is 1.09. The number of amides is 2. The molecule has 2 amide bonds. The molecule has 6 heteroatoms. The number of hydrogen-bond donors (Lipinski definition) is 1. The van der Waals surface area contributed by atoms with Gasteiger partial charge in [-0.05, 0) is 31.0 Å². The van der Waals surface area contributed by atoms with Crippen molar-refractivity contribution in [1.29, 1.82) is 0 Å². The van der Waals surface area contributed by atoms with E-state index in [0.717, 1.165) is 4.47 Å². The van der Waals surface area contributed by atoms with E-state index in [0.29, 0.717) is 37.2 Å². The number of piperidine rings is 1. The van der Waals surface area contributed by atoms with Crippen LogP contribution in [0.5, 0.6) is 5.75 Å². The molecule has 0 unspecified atom stereocenters. The molecule has 0 spiro atoms. The van der Waals surface area contributed by atoms with Gasteiger partial charge in [0.05, 0.1) is 12.7 Å². The van der Waals surface area contributed by atoms with Crippen LogP contribution >= 0.6 is 15.9 Å². The Hall–Kier alpha value is -1.56. The van der Waals surface area contributed by atoms with Crippen LogP contribution in [0.3, 0.4) is 0 Å². The van der Waals surface area contributed by atoms with Crippen molar-refractivity contribution in [1.82, 2.24) is 4.90 Å². The van der Waals surface area contributed by atoms with Gasteiger partial charge in [-0.1, -0.05) is 15.9 Å². The van der Waals surface area contributed by atoms with Crippen LogP contribution in [0.1, 0.15) is 23.2 Å². The van der Waals surface area contributed by atoms with Gasteiger partial charge in [-0.2, -0.15) is 0 Å². The van der Waals surface area contributed by atoms with Gasteiger partial charge in [-0.25, -0.2) is 0 Å². The summed E-state index contributed by atoms with van der Waals surface area (Å²) >= 11 is 3.36. The molecule has 0 bridgehead atoms. The van der Waals surface area contributed by atoms with Gasteiger partial charge in [-0.15, -0.1) is 0 Å². The second-order valence-corrected chi connectivity index (χ2v) is 5.73. The zero-order valence-electron chi connectivity index (χ0n) is 11.3. The minimum atomic E-state index is -0.280. The maximum atomic E-state index is 12.5. The van der Waals surface area contributed by atoms with Crippen molar-refractivity contribution in [2.45, 2.75) is 12.8 Å². The first-order valence-corrected chi connectivity index (χ1v) is 7.24. The van der Waals surface area contributed by atoms with Crippen LogP contribution in [0.15, 0.2) is 22.7 Å². The minimum Gasteiger partial charge on any atom is -0.496 e. The Bertz CT molecular complexity index is 525. The third-order valence-corrected chi connectivity index (χ3v) is 4.07. The van der Waals surface area contributed by atoms with Gasteiger partial charge in [0.2, 0.25) is 5.91 Å². The molecule has 2 rings (SSSR count). The molecular weight excluding hydrogens is 324 g/mol.